The summed E-state index contributed by atoms with van der Waals surface area (Å²) in [6, 6.07) is 19.3. The van der Waals surface area contributed by atoms with Gasteiger partial charge in [0.1, 0.15) is 0 Å². The van der Waals surface area contributed by atoms with Crippen molar-refractivity contribution >= 4 is 58.0 Å². The van der Waals surface area contributed by atoms with Gasteiger partial charge >= 0.3 is 0 Å². The van der Waals surface area contributed by atoms with Crippen LogP contribution in [0.15, 0.2) is 66.7 Å². The lowest BCUT2D eigenvalue weighted by molar-refractivity contribution is -0.114. The molecule has 5 nitrogen and oxygen atoms in total. The highest BCUT2D eigenvalue weighted by molar-refractivity contribution is 6.44. The highest BCUT2D eigenvalue weighted by Crippen LogP contribution is 2.32. The first-order chi connectivity index (χ1) is 14.8. The monoisotopic (exact) mass is 475 g/mol. The normalized spacial score (nSPS) is 11.5. The van der Waals surface area contributed by atoms with Gasteiger partial charge in [-0.25, -0.2) is 0 Å². The number of benzene rings is 3. The van der Waals surface area contributed by atoms with Gasteiger partial charge in [0.25, 0.3) is 5.91 Å². The second-order valence-electron chi connectivity index (χ2n) is 6.83. The fraction of sp³-hybridized carbons (Fsp3) is 0.130. The molecule has 0 spiro atoms. The van der Waals surface area contributed by atoms with Crippen LogP contribution in [0.4, 0.5) is 11.4 Å². The molecule has 2 amide bonds. The molecule has 0 radical (unpaired) electrons. The van der Waals surface area contributed by atoms with Gasteiger partial charge in [0.2, 0.25) is 5.91 Å². The van der Waals surface area contributed by atoms with Crippen molar-refractivity contribution in [2.45, 2.75) is 13.0 Å². The molecule has 160 valence electrons. The molecule has 3 N–H and O–H groups in total. The van der Waals surface area contributed by atoms with Gasteiger partial charge in [0, 0.05) is 11.3 Å². The molecule has 0 aliphatic carbocycles. The van der Waals surface area contributed by atoms with E-state index in [9.17, 15) is 9.59 Å². The van der Waals surface area contributed by atoms with Crippen LogP contribution in [0.5, 0.6) is 0 Å². The minimum atomic E-state index is -0.308. The Kier molecular flexibility index (Phi) is 7.80. The quantitative estimate of drug-likeness (QED) is 0.356. The van der Waals surface area contributed by atoms with Crippen LogP contribution < -0.4 is 16.0 Å². The molecule has 1 atom stereocenters. The maximum absolute atomic E-state index is 12.6. The Bertz CT molecular complexity index is 1090. The Morgan fingerprint density at radius 1 is 0.871 bits per heavy atom. The summed E-state index contributed by atoms with van der Waals surface area (Å²) in [5.74, 6) is -0.537. The van der Waals surface area contributed by atoms with Crippen molar-refractivity contribution in [2.75, 3.05) is 17.2 Å². The Morgan fingerprint density at radius 3 is 2.32 bits per heavy atom. The highest BCUT2D eigenvalue weighted by atomic mass is 35.5. The predicted octanol–water partition coefficient (Wildman–Crippen LogP) is 6.19. The zero-order chi connectivity index (χ0) is 22.4. The van der Waals surface area contributed by atoms with E-state index in [1.54, 1.807) is 30.3 Å². The first-order valence-corrected chi connectivity index (χ1v) is 10.6. The summed E-state index contributed by atoms with van der Waals surface area (Å²) in [6.45, 7) is 1.87. The van der Waals surface area contributed by atoms with Crippen molar-refractivity contribution in [3.05, 3.63) is 92.9 Å². The average Bonchev–Trinajstić information content (AvgIpc) is 2.76. The number of carbonyl (C=O) groups excluding carboxylic acids is 2. The molecule has 3 aromatic carbocycles. The minimum absolute atomic E-state index is 0.0425. The Balaban J connectivity index is 1.59. The van der Waals surface area contributed by atoms with Crippen LogP contribution in [0.2, 0.25) is 15.1 Å². The van der Waals surface area contributed by atoms with Crippen molar-refractivity contribution < 1.29 is 9.59 Å². The van der Waals surface area contributed by atoms with Crippen molar-refractivity contribution in [2.24, 2.45) is 0 Å². The van der Waals surface area contributed by atoms with Crippen molar-refractivity contribution in [1.29, 1.82) is 0 Å². The molecule has 0 aliphatic rings. The number of nitrogens with one attached hydrogen (secondary N) is 3. The summed E-state index contributed by atoms with van der Waals surface area (Å²) in [4.78, 5) is 24.9. The van der Waals surface area contributed by atoms with E-state index in [0.717, 1.165) is 5.56 Å². The van der Waals surface area contributed by atoms with Crippen molar-refractivity contribution in [3.8, 4) is 0 Å². The third-order valence-corrected chi connectivity index (χ3v) is 5.54. The largest absolute Gasteiger partial charge is 0.375 e. The van der Waals surface area contributed by atoms with Gasteiger partial charge in [-0.2, -0.15) is 0 Å². The number of hydrogen-bond donors (Lipinski definition) is 3. The standard InChI is InChI=1S/C23H20Cl3N3O2/c1-14(15-6-3-2-4-7-15)28-23(31)16-8-5-9-17(10-16)29-22(30)13-27-21-12-19(25)18(24)11-20(21)26/h2-12,14,27H,13H2,1H3,(H,28,31)(H,29,30). The second kappa shape index (κ2) is 10.5. The third kappa shape index (κ3) is 6.37. The fourth-order valence-corrected chi connectivity index (χ4v) is 3.50. The van der Waals surface area contributed by atoms with Gasteiger partial charge in [0.05, 0.1) is 33.3 Å². The summed E-state index contributed by atoms with van der Waals surface area (Å²) in [7, 11) is 0. The Labute approximate surface area is 195 Å². The van der Waals surface area contributed by atoms with Crippen LogP contribution in [0, 0.1) is 0 Å². The van der Waals surface area contributed by atoms with Gasteiger partial charge in [0.15, 0.2) is 0 Å². The van der Waals surface area contributed by atoms with E-state index in [1.165, 1.54) is 6.07 Å². The van der Waals surface area contributed by atoms with E-state index >= 15 is 0 Å². The van der Waals surface area contributed by atoms with Crippen LogP contribution in [0.1, 0.15) is 28.9 Å². The molecule has 0 fully saturated rings. The molecule has 0 saturated heterocycles. The number of hydrogen-bond acceptors (Lipinski definition) is 3. The van der Waals surface area contributed by atoms with Crippen molar-refractivity contribution in [3.63, 3.8) is 0 Å². The summed E-state index contributed by atoms with van der Waals surface area (Å²) >= 11 is 18.0. The van der Waals surface area contributed by atoms with Gasteiger partial charge in [-0.05, 0) is 42.8 Å². The summed E-state index contributed by atoms with van der Waals surface area (Å²) in [6.07, 6.45) is 0. The topological polar surface area (TPSA) is 70.2 Å². The number of amides is 2. The molecule has 31 heavy (non-hydrogen) atoms. The second-order valence-corrected chi connectivity index (χ2v) is 8.06. The third-order valence-electron chi connectivity index (χ3n) is 4.51. The van der Waals surface area contributed by atoms with E-state index in [0.29, 0.717) is 32.0 Å². The van der Waals surface area contributed by atoms with Gasteiger partial charge < -0.3 is 16.0 Å². The maximum atomic E-state index is 12.6. The molecule has 1 unspecified atom stereocenters. The zero-order valence-corrected chi connectivity index (χ0v) is 18.9. The number of halogens is 3. The van der Waals surface area contributed by atoms with E-state index in [4.69, 9.17) is 34.8 Å². The number of carbonyl (C=O) groups is 2. The van der Waals surface area contributed by atoms with Gasteiger partial charge in [-0.1, -0.05) is 71.2 Å². The van der Waals surface area contributed by atoms with E-state index in [2.05, 4.69) is 16.0 Å². The SMILES string of the molecule is CC(NC(=O)c1cccc(NC(=O)CNc2cc(Cl)c(Cl)cc2Cl)c1)c1ccccc1. The van der Waals surface area contributed by atoms with Crippen LogP contribution in [-0.2, 0) is 4.79 Å². The fourth-order valence-electron chi connectivity index (χ4n) is 2.88. The minimum Gasteiger partial charge on any atom is -0.375 e. The van der Waals surface area contributed by atoms with Crippen LogP contribution in [0.25, 0.3) is 0 Å². The lowest BCUT2D eigenvalue weighted by atomic mass is 10.1. The van der Waals surface area contributed by atoms with E-state index in [-0.39, 0.29) is 24.4 Å². The highest BCUT2D eigenvalue weighted by Gasteiger charge is 2.13. The molecule has 0 heterocycles. The van der Waals surface area contributed by atoms with Crippen LogP contribution in [0.3, 0.4) is 0 Å². The maximum Gasteiger partial charge on any atom is 0.251 e. The predicted molar refractivity (Wildman–Crippen MR) is 127 cm³/mol. The molecule has 0 aromatic heterocycles. The Hall–Kier alpha value is -2.73. The van der Waals surface area contributed by atoms with Crippen molar-refractivity contribution in [1.82, 2.24) is 5.32 Å². The summed E-state index contributed by atoms with van der Waals surface area (Å²) in [5.41, 5.74) is 2.45. The van der Waals surface area contributed by atoms with E-state index < -0.39 is 0 Å². The molecule has 0 aliphatic heterocycles. The smallest absolute Gasteiger partial charge is 0.251 e. The molecular formula is C23H20Cl3N3O2. The molecule has 8 heteroatoms. The first kappa shape index (κ1) is 22.9. The molecular weight excluding hydrogens is 457 g/mol. The molecule has 3 aromatic rings. The molecule has 0 bridgehead atoms. The average molecular weight is 477 g/mol. The lowest BCUT2D eigenvalue weighted by Gasteiger charge is -2.15. The number of rotatable bonds is 7. The van der Waals surface area contributed by atoms with Crippen LogP contribution in [-0.4, -0.2) is 18.4 Å². The van der Waals surface area contributed by atoms with Gasteiger partial charge in [-0.3, -0.25) is 9.59 Å². The molecule has 0 saturated carbocycles. The van der Waals surface area contributed by atoms with Crippen LogP contribution >= 0.6 is 34.8 Å². The van der Waals surface area contributed by atoms with Gasteiger partial charge in [-0.15, -0.1) is 0 Å². The Morgan fingerprint density at radius 2 is 1.58 bits per heavy atom. The lowest BCUT2D eigenvalue weighted by Crippen LogP contribution is -2.27. The summed E-state index contributed by atoms with van der Waals surface area (Å²) < 4.78 is 0. The molecule has 3 rings (SSSR count). The first-order valence-electron chi connectivity index (χ1n) is 9.47. The summed E-state index contributed by atoms with van der Waals surface area (Å²) in [5, 5.41) is 9.64. The zero-order valence-electron chi connectivity index (χ0n) is 16.6. The number of anilines is 2. The van der Waals surface area contributed by atoms with E-state index in [1.807, 2.05) is 37.3 Å².